The lowest BCUT2D eigenvalue weighted by Gasteiger charge is -2.32. The van der Waals surface area contributed by atoms with E-state index in [9.17, 15) is 9.90 Å². The van der Waals surface area contributed by atoms with Gasteiger partial charge in [-0.3, -0.25) is 9.69 Å². The second-order valence-electron chi connectivity index (χ2n) is 4.16. The molecular weight excluding hydrogens is 214 g/mol. The molecule has 1 aliphatic rings. The van der Waals surface area contributed by atoms with Crippen LogP contribution >= 0.6 is 0 Å². The molecule has 1 atom stereocenters. The minimum absolute atomic E-state index is 0.453. The van der Waals surface area contributed by atoms with E-state index in [1.807, 2.05) is 23.1 Å². The van der Waals surface area contributed by atoms with Crippen molar-refractivity contribution in [3.05, 3.63) is 35.4 Å². The predicted molar refractivity (Wildman–Crippen MR) is 65.4 cm³/mol. The number of hydrogen-bond donors (Lipinski definition) is 1. The van der Waals surface area contributed by atoms with Crippen LogP contribution in [0.3, 0.4) is 0 Å². The molecule has 1 aromatic rings. The third kappa shape index (κ3) is 2.48. The lowest BCUT2D eigenvalue weighted by molar-refractivity contribution is -0.143. The van der Waals surface area contributed by atoms with Gasteiger partial charge in [0.15, 0.2) is 0 Å². The minimum atomic E-state index is -0.766. The van der Waals surface area contributed by atoms with E-state index in [0.29, 0.717) is 19.5 Å². The summed E-state index contributed by atoms with van der Waals surface area (Å²) in [5.74, 6) is 4.99. The molecule has 3 heteroatoms. The molecule has 17 heavy (non-hydrogen) atoms. The van der Waals surface area contributed by atoms with Crippen LogP contribution in [0.2, 0.25) is 0 Å². The molecule has 0 radical (unpaired) electrons. The van der Waals surface area contributed by atoms with Gasteiger partial charge in [-0.1, -0.05) is 30.2 Å². The fourth-order valence-corrected chi connectivity index (χ4v) is 2.17. The maximum atomic E-state index is 11.2. The summed E-state index contributed by atoms with van der Waals surface area (Å²) in [5, 5.41) is 9.24. The van der Waals surface area contributed by atoms with E-state index in [1.54, 1.807) is 6.92 Å². The number of carboxylic acid groups (broad SMARTS) is 1. The number of aliphatic carboxylic acids is 1. The Morgan fingerprint density at radius 2 is 2.18 bits per heavy atom. The van der Waals surface area contributed by atoms with Gasteiger partial charge in [-0.15, -0.1) is 5.92 Å². The zero-order valence-electron chi connectivity index (χ0n) is 9.81. The summed E-state index contributed by atoms with van der Waals surface area (Å²) in [4.78, 5) is 13.2. The Labute approximate surface area is 101 Å². The van der Waals surface area contributed by atoms with Crippen molar-refractivity contribution in [2.45, 2.75) is 25.9 Å². The Hall–Kier alpha value is -1.79. The van der Waals surface area contributed by atoms with Crippen molar-refractivity contribution in [3.63, 3.8) is 0 Å². The molecule has 0 aliphatic carbocycles. The fourth-order valence-electron chi connectivity index (χ4n) is 2.17. The second-order valence-corrected chi connectivity index (χ2v) is 4.16. The van der Waals surface area contributed by atoms with Crippen molar-refractivity contribution < 1.29 is 9.90 Å². The van der Waals surface area contributed by atoms with Gasteiger partial charge in [-0.2, -0.15) is 0 Å². The van der Waals surface area contributed by atoms with E-state index in [2.05, 4.69) is 17.9 Å². The maximum absolute atomic E-state index is 11.2. The molecule has 0 fully saturated rings. The summed E-state index contributed by atoms with van der Waals surface area (Å²) in [5.41, 5.74) is 2.35. The third-order valence-electron chi connectivity index (χ3n) is 3.09. The largest absolute Gasteiger partial charge is 0.480 e. The Balaban J connectivity index is 2.26. The van der Waals surface area contributed by atoms with Gasteiger partial charge in [0.25, 0.3) is 0 Å². The molecular formula is C14H15NO2. The SMILES string of the molecule is CC#CCN1Cc2ccccc2CC1C(=O)O. The lowest BCUT2D eigenvalue weighted by Crippen LogP contribution is -2.45. The van der Waals surface area contributed by atoms with E-state index in [1.165, 1.54) is 5.56 Å². The van der Waals surface area contributed by atoms with E-state index < -0.39 is 12.0 Å². The summed E-state index contributed by atoms with van der Waals surface area (Å²) >= 11 is 0. The van der Waals surface area contributed by atoms with Crippen LogP contribution < -0.4 is 0 Å². The first-order chi connectivity index (χ1) is 8.22. The van der Waals surface area contributed by atoms with Crippen LogP contribution in [0, 0.1) is 11.8 Å². The Morgan fingerprint density at radius 3 is 2.82 bits per heavy atom. The van der Waals surface area contributed by atoms with Crippen molar-refractivity contribution in [2.75, 3.05) is 6.54 Å². The van der Waals surface area contributed by atoms with Crippen LogP contribution in [0.25, 0.3) is 0 Å². The predicted octanol–water partition coefficient (Wildman–Crippen LogP) is 1.52. The monoisotopic (exact) mass is 229 g/mol. The number of rotatable bonds is 2. The Morgan fingerprint density at radius 1 is 1.47 bits per heavy atom. The van der Waals surface area contributed by atoms with Crippen LogP contribution in [-0.2, 0) is 17.8 Å². The van der Waals surface area contributed by atoms with Gasteiger partial charge in [-0.05, 0) is 24.5 Å². The van der Waals surface area contributed by atoms with Crippen molar-refractivity contribution in [2.24, 2.45) is 0 Å². The van der Waals surface area contributed by atoms with Crippen LogP contribution in [0.5, 0.6) is 0 Å². The average molecular weight is 229 g/mol. The zero-order chi connectivity index (χ0) is 12.3. The molecule has 1 N–H and O–H groups in total. The van der Waals surface area contributed by atoms with Gasteiger partial charge in [0, 0.05) is 6.54 Å². The number of carboxylic acids is 1. The summed E-state index contributed by atoms with van der Waals surface area (Å²) in [6, 6.07) is 7.56. The molecule has 0 saturated heterocycles. The number of hydrogen-bond acceptors (Lipinski definition) is 2. The number of benzene rings is 1. The van der Waals surface area contributed by atoms with E-state index in [4.69, 9.17) is 0 Å². The van der Waals surface area contributed by atoms with E-state index in [0.717, 1.165) is 5.56 Å². The molecule has 88 valence electrons. The first-order valence-corrected chi connectivity index (χ1v) is 5.65. The summed E-state index contributed by atoms with van der Waals surface area (Å²) < 4.78 is 0. The van der Waals surface area contributed by atoms with Crippen molar-refractivity contribution in [3.8, 4) is 11.8 Å². The quantitative estimate of drug-likeness (QED) is 0.782. The molecule has 1 heterocycles. The maximum Gasteiger partial charge on any atom is 0.321 e. The Kier molecular flexibility index (Phi) is 3.46. The summed E-state index contributed by atoms with van der Waals surface area (Å²) in [6.07, 6.45) is 0.566. The first-order valence-electron chi connectivity index (χ1n) is 5.65. The van der Waals surface area contributed by atoms with Gasteiger partial charge in [0.2, 0.25) is 0 Å². The molecule has 0 bridgehead atoms. The van der Waals surface area contributed by atoms with Crippen LogP contribution in [0.4, 0.5) is 0 Å². The van der Waals surface area contributed by atoms with Crippen molar-refractivity contribution >= 4 is 5.97 Å². The fraction of sp³-hybridized carbons (Fsp3) is 0.357. The lowest BCUT2D eigenvalue weighted by atomic mass is 9.94. The standard InChI is InChI=1S/C14H15NO2/c1-2-3-8-15-10-12-7-5-4-6-11(12)9-13(15)14(16)17/h4-7,13H,8-10H2,1H3,(H,16,17). The first kappa shape index (κ1) is 11.7. The highest BCUT2D eigenvalue weighted by molar-refractivity contribution is 5.74. The molecule has 2 rings (SSSR count). The third-order valence-corrected chi connectivity index (χ3v) is 3.09. The molecule has 0 amide bonds. The molecule has 0 aromatic heterocycles. The smallest absolute Gasteiger partial charge is 0.321 e. The molecule has 3 nitrogen and oxygen atoms in total. The van der Waals surface area contributed by atoms with Gasteiger partial charge in [0.1, 0.15) is 6.04 Å². The van der Waals surface area contributed by atoms with Gasteiger partial charge in [-0.25, -0.2) is 0 Å². The number of carbonyl (C=O) groups is 1. The molecule has 0 spiro atoms. The van der Waals surface area contributed by atoms with E-state index in [-0.39, 0.29) is 0 Å². The van der Waals surface area contributed by atoms with E-state index >= 15 is 0 Å². The highest BCUT2D eigenvalue weighted by atomic mass is 16.4. The highest BCUT2D eigenvalue weighted by Crippen LogP contribution is 2.22. The Bertz CT molecular complexity index is 484. The molecule has 1 unspecified atom stereocenters. The average Bonchev–Trinajstić information content (AvgIpc) is 2.35. The summed E-state index contributed by atoms with van der Waals surface area (Å²) in [6.45, 7) is 2.96. The van der Waals surface area contributed by atoms with Crippen LogP contribution in [-0.4, -0.2) is 28.6 Å². The van der Waals surface area contributed by atoms with Gasteiger partial charge in [0.05, 0.1) is 6.54 Å². The normalized spacial score (nSPS) is 19.0. The minimum Gasteiger partial charge on any atom is -0.480 e. The zero-order valence-corrected chi connectivity index (χ0v) is 9.81. The molecule has 0 saturated carbocycles. The topological polar surface area (TPSA) is 40.5 Å². The summed E-state index contributed by atoms with van der Waals surface area (Å²) in [7, 11) is 0. The number of fused-ring (bicyclic) bond motifs is 1. The van der Waals surface area contributed by atoms with Crippen LogP contribution in [0.1, 0.15) is 18.1 Å². The number of nitrogens with zero attached hydrogens (tertiary/aromatic N) is 1. The van der Waals surface area contributed by atoms with Crippen LogP contribution in [0.15, 0.2) is 24.3 Å². The molecule has 1 aromatic carbocycles. The van der Waals surface area contributed by atoms with Crippen molar-refractivity contribution in [1.29, 1.82) is 0 Å². The second kappa shape index (κ2) is 5.03. The van der Waals surface area contributed by atoms with Gasteiger partial charge >= 0.3 is 5.97 Å². The molecule has 1 aliphatic heterocycles. The van der Waals surface area contributed by atoms with Gasteiger partial charge < -0.3 is 5.11 Å². The highest BCUT2D eigenvalue weighted by Gasteiger charge is 2.30. The van der Waals surface area contributed by atoms with Crippen molar-refractivity contribution in [1.82, 2.24) is 4.90 Å².